The van der Waals surface area contributed by atoms with Crippen LogP contribution >= 0.6 is 0 Å². The van der Waals surface area contributed by atoms with E-state index in [-0.39, 0.29) is 11.4 Å². The molecule has 9 heteroatoms. The molecule has 0 aliphatic carbocycles. The van der Waals surface area contributed by atoms with E-state index in [1.165, 1.54) is 10.4 Å². The predicted molar refractivity (Wildman–Crippen MR) is 74.1 cm³/mol. The fourth-order valence-electron chi connectivity index (χ4n) is 2.26. The summed E-state index contributed by atoms with van der Waals surface area (Å²) in [5.74, 6) is -0.396. The van der Waals surface area contributed by atoms with Gasteiger partial charge in [-0.05, 0) is 42.2 Å². The fourth-order valence-corrected chi connectivity index (χ4v) is 3.69. The maximum atomic E-state index is 12.5. The van der Waals surface area contributed by atoms with Crippen molar-refractivity contribution < 1.29 is 18.4 Å². The quantitative estimate of drug-likeness (QED) is 0.655. The largest absolute Gasteiger partial charge is 0.390 e. The Balaban J connectivity index is 2.23. The Labute approximate surface area is 122 Å². The van der Waals surface area contributed by atoms with Crippen LogP contribution in [0, 0.1) is 10.1 Å². The van der Waals surface area contributed by atoms with E-state index in [4.69, 9.17) is 0 Å². The fraction of sp³-hybridized carbons (Fsp3) is 0.583. The zero-order valence-electron chi connectivity index (χ0n) is 11.6. The molecule has 1 aromatic heterocycles. The van der Waals surface area contributed by atoms with Gasteiger partial charge < -0.3 is 15.2 Å². The first kappa shape index (κ1) is 15.8. The lowest BCUT2D eigenvalue weighted by molar-refractivity contribution is -0.389. The summed E-state index contributed by atoms with van der Waals surface area (Å²) in [6.07, 6.45) is 2.45. The first-order chi connectivity index (χ1) is 9.72. The van der Waals surface area contributed by atoms with Crippen molar-refractivity contribution in [3.8, 4) is 0 Å². The number of nitro groups is 1. The molecule has 8 nitrogen and oxygen atoms in total. The van der Waals surface area contributed by atoms with Crippen LogP contribution < -0.4 is 0 Å². The van der Waals surface area contributed by atoms with Crippen LogP contribution in [0.1, 0.15) is 26.2 Å². The van der Waals surface area contributed by atoms with Gasteiger partial charge in [-0.1, -0.05) is 0 Å². The maximum absolute atomic E-state index is 12.5. The Morgan fingerprint density at radius 3 is 2.67 bits per heavy atom. The first-order valence-electron chi connectivity index (χ1n) is 6.55. The van der Waals surface area contributed by atoms with Crippen LogP contribution in [0.2, 0.25) is 0 Å². The van der Waals surface area contributed by atoms with Crippen LogP contribution in [0.4, 0.5) is 5.82 Å². The van der Waals surface area contributed by atoms with Gasteiger partial charge >= 0.3 is 5.82 Å². The second-order valence-electron chi connectivity index (χ2n) is 5.36. The summed E-state index contributed by atoms with van der Waals surface area (Å²) in [6.45, 7) is 2.22. The summed E-state index contributed by atoms with van der Waals surface area (Å²) in [7, 11) is -3.74. The van der Waals surface area contributed by atoms with Crippen molar-refractivity contribution in [1.82, 2.24) is 9.29 Å². The van der Waals surface area contributed by atoms with Crippen molar-refractivity contribution in [3.63, 3.8) is 0 Å². The normalized spacial score (nSPS) is 24.5. The smallest absolute Gasteiger partial charge is 0.363 e. The van der Waals surface area contributed by atoms with Gasteiger partial charge in [0.25, 0.3) is 0 Å². The molecule has 1 unspecified atom stereocenters. The van der Waals surface area contributed by atoms with Gasteiger partial charge in [0.05, 0.1) is 5.60 Å². The van der Waals surface area contributed by atoms with Crippen LogP contribution in [0.15, 0.2) is 23.2 Å². The third-order valence-electron chi connectivity index (χ3n) is 3.57. The van der Waals surface area contributed by atoms with E-state index in [1.54, 1.807) is 6.92 Å². The lowest BCUT2D eigenvalue weighted by Gasteiger charge is -2.21. The summed E-state index contributed by atoms with van der Waals surface area (Å²) in [6, 6.07) is 2.25. The standard InChI is InChI=1S/C12H17N3O5S/c1-12(16)5-2-7-14(8-6-12)21(19,20)10-3-4-11(13-9-10)15(17)18/h3-4,9,16H,2,5-8H2,1H3. The predicted octanol–water partition coefficient (Wildman–Crippen LogP) is 0.915. The maximum Gasteiger partial charge on any atom is 0.363 e. The molecule has 0 bridgehead atoms. The second-order valence-corrected chi connectivity index (χ2v) is 7.30. The van der Waals surface area contributed by atoms with E-state index in [1.807, 2.05) is 0 Å². The minimum absolute atomic E-state index is 0.0744. The molecule has 0 radical (unpaired) electrons. The molecule has 2 rings (SSSR count). The average molecular weight is 315 g/mol. The number of sulfonamides is 1. The molecular formula is C12H17N3O5S. The van der Waals surface area contributed by atoms with Crippen molar-refractivity contribution in [2.24, 2.45) is 0 Å². The zero-order chi connectivity index (χ0) is 15.7. The molecule has 1 aliphatic heterocycles. The summed E-state index contributed by atoms with van der Waals surface area (Å²) in [5.41, 5.74) is -0.863. The molecule has 0 amide bonds. The summed E-state index contributed by atoms with van der Waals surface area (Å²) < 4.78 is 26.2. The molecule has 2 heterocycles. The van der Waals surface area contributed by atoms with Gasteiger partial charge in [0.2, 0.25) is 10.0 Å². The number of pyridine rings is 1. The van der Waals surface area contributed by atoms with Crippen molar-refractivity contribution in [1.29, 1.82) is 0 Å². The summed E-state index contributed by atoms with van der Waals surface area (Å²) >= 11 is 0. The highest BCUT2D eigenvalue weighted by Crippen LogP contribution is 2.25. The summed E-state index contributed by atoms with van der Waals surface area (Å²) in [5, 5.41) is 20.5. The molecular weight excluding hydrogens is 298 g/mol. The van der Waals surface area contributed by atoms with Crippen molar-refractivity contribution in [2.75, 3.05) is 13.1 Å². The summed E-state index contributed by atoms with van der Waals surface area (Å²) in [4.78, 5) is 13.3. The Bertz CT molecular complexity index is 627. The third kappa shape index (κ3) is 3.55. The van der Waals surface area contributed by atoms with Crippen LogP contribution in [-0.4, -0.2) is 46.4 Å². The molecule has 1 aromatic rings. The lowest BCUT2D eigenvalue weighted by atomic mass is 9.98. The Hall–Kier alpha value is -1.58. The van der Waals surface area contributed by atoms with Crippen molar-refractivity contribution >= 4 is 15.8 Å². The van der Waals surface area contributed by atoms with Crippen molar-refractivity contribution in [2.45, 2.75) is 36.7 Å². The highest BCUT2D eigenvalue weighted by molar-refractivity contribution is 7.89. The van der Waals surface area contributed by atoms with Gasteiger partial charge in [0, 0.05) is 19.2 Å². The number of rotatable bonds is 3. The number of aromatic nitrogens is 1. The highest BCUT2D eigenvalue weighted by Gasteiger charge is 2.32. The first-order valence-corrected chi connectivity index (χ1v) is 7.99. The van der Waals surface area contributed by atoms with E-state index in [9.17, 15) is 23.6 Å². The SMILES string of the molecule is CC1(O)CCCN(S(=O)(=O)c2ccc([N+](=O)[O-])nc2)CC1. The van der Waals surface area contributed by atoms with E-state index < -0.39 is 26.4 Å². The molecule has 0 saturated carbocycles. The third-order valence-corrected chi connectivity index (χ3v) is 5.45. The van der Waals surface area contributed by atoms with Gasteiger partial charge in [-0.2, -0.15) is 4.31 Å². The zero-order valence-corrected chi connectivity index (χ0v) is 12.4. The Morgan fingerprint density at radius 1 is 1.38 bits per heavy atom. The number of hydrogen-bond acceptors (Lipinski definition) is 6. The molecule has 21 heavy (non-hydrogen) atoms. The average Bonchev–Trinajstić information content (AvgIpc) is 2.60. The van der Waals surface area contributed by atoms with Crippen LogP contribution in [-0.2, 0) is 10.0 Å². The second kappa shape index (κ2) is 5.66. The topological polar surface area (TPSA) is 114 Å². The van der Waals surface area contributed by atoms with E-state index in [2.05, 4.69) is 4.98 Å². The van der Waals surface area contributed by atoms with Crippen LogP contribution in [0.5, 0.6) is 0 Å². The molecule has 1 atom stereocenters. The highest BCUT2D eigenvalue weighted by atomic mass is 32.2. The minimum Gasteiger partial charge on any atom is -0.390 e. The molecule has 1 N–H and O–H groups in total. The van der Waals surface area contributed by atoms with Gasteiger partial charge in [-0.3, -0.25) is 0 Å². The number of nitrogens with zero attached hydrogens (tertiary/aromatic N) is 3. The monoisotopic (exact) mass is 315 g/mol. The Morgan fingerprint density at radius 2 is 2.10 bits per heavy atom. The molecule has 0 spiro atoms. The van der Waals surface area contributed by atoms with Gasteiger partial charge in [-0.25, -0.2) is 8.42 Å². The van der Waals surface area contributed by atoms with Gasteiger partial charge in [0.15, 0.2) is 6.20 Å². The van der Waals surface area contributed by atoms with E-state index in [0.29, 0.717) is 25.8 Å². The minimum atomic E-state index is -3.74. The molecule has 0 aromatic carbocycles. The van der Waals surface area contributed by atoms with Crippen LogP contribution in [0.3, 0.4) is 0 Å². The molecule has 1 aliphatic rings. The van der Waals surface area contributed by atoms with Crippen LogP contribution in [0.25, 0.3) is 0 Å². The lowest BCUT2D eigenvalue weighted by Crippen LogP contribution is -2.33. The number of hydrogen-bond donors (Lipinski definition) is 1. The van der Waals surface area contributed by atoms with Crippen molar-refractivity contribution in [3.05, 3.63) is 28.4 Å². The number of aliphatic hydroxyl groups is 1. The van der Waals surface area contributed by atoms with Gasteiger partial charge in [-0.15, -0.1) is 0 Å². The molecule has 1 saturated heterocycles. The molecule has 1 fully saturated rings. The van der Waals surface area contributed by atoms with E-state index >= 15 is 0 Å². The van der Waals surface area contributed by atoms with Gasteiger partial charge in [0.1, 0.15) is 4.90 Å². The Kier molecular flexibility index (Phi) is 4.26. The molecule has 116 valence electrons. The van der Waals surface area contributed by atoms with E-state index in [0.717, 1.165) is 12.3 Å².